The lowest BCUT2D eigenvalue weighted by Gasteiger charge is -2.23. The fraction of sp³-hybridized carbons (Fsp3) is 0.333. The molecule has 0 spiro atoms. The van der Waals surface area contributed by atoms with Crippen molar-refractivity contribution in [2.75, 3.05) is 25.1 Å². The van der Waals surface area contributed by atoms with Crippen molar-refractivity contribution in [3.05, 3.63) is 90.8 Å². The first-order valence-corrected chi connectivity index (χ1v) is 20.9. The maximum absolute atomic E-state index is 14.7. The number of primary amides is 1. The number of halogens is 1. The highest BCUT2D eigenvalue weighted by Gasteiger charge is 2.25. The molecule has 4 aromatic heterocycles. The Hall–Kier alpha value is -6.65. The van der Waals surface area contributed by atoms with Gasteiger partial charge in [-0.3, -0.25) is 14.8 Å². The molecule has 8 aromatic rings. The summed E-state index contributed by atoms with van der Waals surface area (Å²) in [6.45, 7) is 0.347. The van der Waals surface area contributed by atoms with E-state index in [4.69, 9.17) is 15.9 Å². The van der Waals surface area contributed by atoms with Crippen molar-refractivity contribution >= 4 is 61.6 Å². The number of aromatic nitrogens is 8. The zero-order valence-electron chi connectivity index (χ0n) is 33.9. The number of nitrogens with one attached hydrogen (secondary N) is 3. The first kappa shape index (κ1) is 39.8. The molecule has 0 atom stereocenters. The summed E-state index contributed by atoms with van der Waals surface area (Å²) in [5, 5.41) is 18.3. The number of likely N-dealkylation sites (N-methyl/N-ethyl adjacent to an activating group) is 1. The van der Waals surface area contributed by atoms with Gasteiger partial charge in [-0.15, -0.1) is 0 Å². The maximum atomic E-state index is 14.7. The van der Waals surface area contributed by atoms with Crippen molar-refractivity contribution in [2.45, 2.75) is 76.3 Å². The van der Waals surface area contributed by atoms with Gasteiger partial charge < -0.3 is 34.8 Å². The van der Waals surface area contributed by atoms with E-state index in [0.29, 0.717) is 52.0 Å². The third-order valence-electron chi connectivity index (χ3n) is 12.5. The molecule has 4 aromatic carbocycles. The van der Waals surface area contributed by atoms with Crippen LogP contribution in [0.25, 0.3) is 66.4 Å². The Morgan fingerprint density at radius 3 is 1.77 bits per heavy atom. The Morgan fingerprint density at radius 2 is 1.28 bits per heavy atom. The summed E-state index contributed by atoms with van der Waals surface area (Å²) < 4.78 is 19.3. The minimum Gasteiger partial charge on any atom is -0.395 e. The van der Waals surface area contributed by atoms with Crippen molar-refractivity contribution in [2.24, 2.45) is 5.73 Å². The molecular formula is C45H48FN11O4. The van der Waals surface area contributed by atoms with Crippen LogP contribution in [-0.4, -0.2) is 81.4 Å². The molecule has 0 bridgehead atoms. The van der Waals surface area contributed by atoms with Crippen molar-refractivity contribution < 1.29 is 24.3 Å². The van der Waals surface area contributed by atoms with Gasteiger partial charge in [0.25, 0.3) is 11.8 Å². The number of aliphatic hydroxyl groups is 1. The van der Waals surface area contributed by atoms with E-state index < -0.39 is 17.6 Å². The molecule has 2 aliphatic carbocycles. The fourth-order valence-corrected chi connectivity index (χ4v) is 9.41. The van der Waals surface area contributed by atoms with Gasteiger partial charge in [-0.1, -0.05) is 50.7 Å². The highest BCUT2D eigenvalue weighted by atomic mass is 19.1. The topological polar surface area (TPSA) is 209 Å². The predicted octanol–water partition coefficient (Wildman–Crippen LogP) is 7.96. The monoisotopic (exact) mass is 825 g/mol. The average Bonchev–Trinajstić information content (AvgIpc) is 4.12. The number of aliphatic hydroxyl groups excluding tert-OH is 1. The van der Waals surface area contributed by atoms with Crippen molar-refractivity contribution in [1.82, 2.24) is 44.5 Å². The van der Waals surface area contributed by atoms with Gasteiger partial charge in [0.15, 0.2) is 0 Å². The summed E-state index contributed by atoms with van der Waals surface area (Å²) in [7, 11) is 1.83. The quantitative estimate of drug-likeness (QED) is 0.0615. The molecule has 10 rings (SSSR count). The largest absolute Gasteiger partial charge is 0.395 e. The third-order valence-corrected chi connectivity index (χ3v) is 12.5. The van der Waals surface area contributed by atoms with Gasteiger partial charge in [0.2, 0.25) is 0 Å². The molecule has 61 heavy (non-hydrogen) atoms. The van der Waals surface area contributed by atoms with E-state index in [2.05, 4.69) is 52.3 Å². The molecule has 16 heteroatoms. The number of carbonyl (C=O) groups excluding carboxylic acids is 2. The van der Waals surface area contributed by atoms with Crippen LogP contribution in [0, 0.1) is 5.82 Å². The Labute approximate surface area is 349 Å². The van der Waals surface area contributed by atoms with Crippen LogP contribution >= 0.6 is 0 Å². The smallest absolute Gasteiger partial charge is 0.279 e. The third kappa shape index (κ3) is 7.35. The predicted molar refractivity (Wildman–Crippen MR) is 232 cm³/mol. The number of hydrogen-bond acceptors (Lipinski definition) is 9. The summed E-state index contributed by atoms with van der Waals surface area (Å²) in [4.78, 5) is 49.9. The van der Waals surface area contributed by atoms with E-state index >= 15 is 0 Å². The lowest BCUT2D eigenvalue weighted by atomic mass is 9.95. The van der Waals surface area contributed by atoms with Crippen LogP contribution in [0.2, 0.25) is 0 Å². The van der Waals surface area contributed by atoms with Crippen LogP contribution in [0.1, 0.15) is 97.0 Å². The molecule has 2 aliphatic rings. The zero-order chi connectivity index (χ0) is 42.2. The van der Waals surface area contributed by atoms with E-state index in [0.717, 1.165) is 38.8 Å². The second-order valence-electron chi connectivity index (χ2n) is 16.1. The van der Waals surface area contributed by atoms with Gasteiger partial charge in [0.05, 0.1) is 87.3 Å². The number of fused-ring (bicyclic) bond motifs is 4. The summed E-state index contributed by atoms with van der Waals surface area (Å²) in [5.41, 5.74) is 17.1. The number of imidazole rings is 4. The lowest BCUT2D eigenvalue weighted by Crippen LogP contribution is -2.25. The number of amides is 2. The van der Waals surface area contributed by atoms with E-state index in [1.54, 1.807) is 6.33 Å². The number of H-pyrrole nitrogens is 2. The molecule has 2 saturated carbocycles. The number of hydrogen-bond donors (Lipinski definition) is 6. The second kappa shape index (κ2) is 16.8. The molecule has 4 heterocycles. The lowest BCUT2D eigenvalue weighted by molar-refractivity contribution is 0.0703. The number of rotatable bonds is 9. The van der Waals surface area contributed by atoms with Crippen molar-refractivity contribution in [3.8, 4) is 22.3 Å². The number of aromatic amines is 2. The minimum absolute atomic E-state index is 0.0321. The van der Waals surface area contributed by atoms with Crippen molar-refractivity contribution in [1.29, 1.82) is 0 Å². The van der Waals surface area contributed by atoms with Gasteiger partial charge in [-0.25, -0.2) is 29.8 Å². The number of nitrogens with zero attached hydrogens (tertiary/aromatic N) is 7. The van der Waals surface area contributed by atoms with Gasteiger partial charge >= 0.3 is 0 Å². The van der Waals surface area contributed by atoms with Crippen LogP contribution in [0.15, 0.2) is 73.8 Å². The zero-order valence-corrected chi connectivity index (χ0v) is 33.9. The van der Waals surface area contributed by atoms with E-state index in [1.165, 1.54) is 82.1 Å². The Balaban J connectivity index is 0.000000157. The van der Waals surface area contributed by atoms with Gasteiger partial charge in [-0.2, -0.15) is 0 Å². The molecule has 7 N–H and O–H groups in total. The average molecular weight is 826 g/mol. The molecule has 15 nitrogen and oxygen atoms in total. The number of hydroxylamine groups is 1. The molecule has 2 amide bonds. The van der Waals surface area contributed by atoms with E-state index in [1.807, 2.05) is 48.9 Å². The first-order valence-electron chi connectivity index (χ1n) is 20.9. The highest BCUT2D eigenvalue weighted by Crippen LogP contribution is 2.39. The fourth-order valence-electron chi connectivity index (χ4n) is 9.41. The Morgan fingerprint density at radius 1 is 0.770 bits per heavy atom. The molecule has 0 saturated heterocycles. The standard InChI is InChI=1S/C24H28N6O2.C21H20FN5O2/c1-29(9-10-31)20-12-17(22-23(27-13-26-22)21(20)24(25)32)15-7-8-19-18(11-15)28-14-30(19)16-5-3-2-4-6-16;22-15-9-14(19-20(24-10-23-19)18(15)21(28)26-29)12-6-7-17-16(8-12)25-11-27(17)13-4-2-1-3-5-13/h7-8,11-14,16,31H,2-6,9-10H2,1H3,(H2,25,32)(H,26,27);6-11,13,29H,1-5H2,(H,23,24)(H,26,28). The van der Waals surface area contributed by atoms with E-state index in [-0.39, 0.29) is 17.7 Å². The summed E-state index contributed by atoms with van der Waals surface area (Å²) in [6, 6.07) is 16.4. The first-order chi connectivity index (χ1) is 29.7. The maximum Gasteiger partial charge on any atom is 0.279 e. The highest BCUT2D eigenvalue weighted by molar-refractivity contribution is 6.13. The SMILES string of the molecule is CN(CCO)c1cc(-c2ccc3c(c2)ncn3C2CCCCC2)c2nc[nH]c2c1C(N)=O.O=C(NO)c1c(F)cc(-c2ccc3c(c2)ncn3C2CCCCC2)c2nc[nH]c12. The number of anilines is 1. The molecule has 0 aliphatic heterocycles. The summed E-state index contributed by atoms with van der Waals surface area (Å²) in [6.07, 6.45) is 19.2. The van der Waals surface area contributed by atoms with Gasteiger partial charge in [0.1, 0.15) is 11.4 Å². The minimum atomic E-state index is -0.926. The van der Waals surface area contributed by atoms with Gasteiger partial charge in [-0.05, 0) is 73.2 Å². The molecular weight excluding hydrogens is 778 g/mol. The number of benzene rings is 4. The Kier molecular flexibility index (Phi) is 10.9. The Bertz CT molecular complexity index is 2900. The van der Waals surface area contributed by atoms with Crippen LogP contribution in [0.4, 0.5) is 10.1 Å². The summed E-state index contributed by atoms with van der Waals surface area (Å²) >= 11 is 0. The van der Waals surface area contributed by atoms with Crippen molar-refractivity contribution in [3.63, 3.8) is 0 Å². The molecule has 314 valence electrons. The van der Waals surface area contributed by atoms with Crippen LogP contribution < -0.4 is 16.1 Å². The van der Waals surface area contributed by atoms with Crippen LogP contribution in [-0.2, 0) is 0 Å². The van der Waals surface area contributed by atoms with Crippen LogP contribution in [0.5, 0.6) is 0 Å². The normalized spacial score (nSPS) is 15.1. The molecule has 0 unspecified atom stereocenters. The molecule has 0 radical (unpaired) electrons. The van der Waals surface area contributed by atoms with Gasteiger partial charge in [0, 0.05) is 36.8 Å². The number of nitrogens with two attached hydrogens (primary N) is 1. The number of carbonyl (C=O) groups is 2. The van der Waals surface area contributed by atoms with Crippen LogP contribution in [0.3, 0.4) is 0 Å². The van der Waals surface area contributed by atoms with E-state index in [9.17, 15) is 19.1 Å². The second-order valence-corrected chi connectivity index (χ2v) is 16.1. The summed E-state index contributed by atoms with van der Waals surface area (Å²) in [5.74, 6) is -2.20. The molecule has 2 fully saturated rings.